The number of nitrogens with one attached hydrogen (secondary N) is 1. The third-order valence-corrected chi connectivity index (χ3v) is 4.37. The van der Waals surface area contributed by atoms with Crippen molar-refractivity contribution in [2.45, 2.75) is 62.5 Å². The highest BCUT2D eigenvalue weighted by Gasteiger charge is 2.48. The fourth-order valence-electron chi connectivity index (χ4n) is 3.38. The Morgan fingerprint density at radius 3 is 2.53 bits per heavy atom. The van der Waals surface area contributed by atoms with E-state index in [-0.39, 0.29) is 18.3 Å². The summed E-state index contributed by atoms with van der Waals surface area (Å²) in [6, 6.07) is 1.03. The number of methoxy groups -OCH3 is 1. The molecule has 4 nitrogen and oxygen atoms in total. The van der Waals surface area contributed by atoms with Crippen molar-refractivity contribution in [1.82, 2.24) is 5.32 Å². The Balaban J connectivity index is 1.55. The Labute approximate surface area is 103 Å². The van der Waals surface area contributed by atoms with Gasteiger partial charge in [0.05, 0.1) is 19.3 Å². The Bertz CT molecular complexity index is 255. The number of hydrogen-bond acceptors (Lipinski definition) is 4. The number of ether oxygens (including phenoxy) is 3. The first-order valence-electron chi connectivity index (χ1n) is 6.90. The van der Waals surface area contributed by atoms with E-state index in [4.69, 9.17) is 14.2 Å². The molecule has 4 heteroatoms. The van der Waals surface area contributed by atoms with Crippen molar-refractivity contribution in [3.05, 3.63) is 0 Å². The van der Waals surface area contributed by atoms with Crippen molar-refractivity contribution >= 4 is 0 Å². The molecule has 3 aliphatic rings. The maximum absolute atomic E-state index is 5.82. The van der Waals surface area contributed by atoms with E-state index in [1.807, 2.05) is 0 Å². The Hall–Kier alpha value is -0.160. The van der Waals surface area contributed by atoms with E-state index in [1.165, 1.54) is 32.1 Å². The second kappa shape index (κ2) is 5.22. The van der Waals surface area contributed by atoms with Crippen LogP contribution in [0.15, 0.2) is 0 Å². The Morgan fingerprint density at radius 1 is 1.00 bits per heavy atom. The van der Waals surface area contributed by atoms with Crippen molar-refractivity contribution < 1.29 is 14.2 Å². The zero-order valence-corrected chi connectivity index (χ0v) is 10.6. The first kappa shape index (κ1) is 11.9. The van der Waals surface area contributed by atoms with E-state index in [0.717, 1.165) is 6.61 Å². The average molecular weight is 241 g/mol. The lowest BCUT2D eigenvalue weighted by Gasteiger charge is -2.27. The van der Waals surface area contributed by atoms with Crippen LogP contribution in [-0.2, 0) is 14.2 Å². The van der Waals surface area contributed by atoms with Gasteiger partial charge < -0.3 is 19.5 Å². The quantitative estimate of drug-likeness (QED) is 0.803. The summed E-state index contributed by atoms with van der Waals surface area (Å²) in [6.45, 7) is 1.44. The lowest BCUT2D eigenvalue weighted by Crippen LogP contribution is -2.46. The summed E-state index contributed by atoms with van der Waals surface area (Å²) in [7, 11) is 1.74. The van der Waals surface area contributed by atoms with Crippen molar-refractivity contribution in [2.75, 3.05) is 20.3 Å². The van der Waals surface area contributed by atoms with Crippen LogP contribution in [-0.4, -0.2) is 50.7 Å². The van der Waals surface area contributed by atoms with Crippen molar-refractivity contribution in [1.29, 1.82) is 0 Å². The molecular formula is C13H23NO3. The third-order valence-electron chi connectivity index (χ3n) is 4.37. The average Bonchev–Trinajstić information content (AvgIpc) is 2.93. The van der Waals surface area contributed by atoms with E-state index < -0.39 is 0 Å². The highest BCUT2D eigenvalue weighted by molar-refractivity contribution is 4.99. The van der Waals surface area contributed by atoms with Gasteiger partial charge in [0.2, 0.25) is 0 Å². The molecule has 4 atom stereocenters. The third kappa shape index (κ3) is 2.36. The molecule has 0 unspecified atom stereocenters. The molecule has 2 aliphatic heterocycles. The number of rotatable bonds is 3. The van der Waals surface area contributed by atoms with Gasteiger partial charge in [-0.05, 0) is 12.8 Å². The van der Waals surface area contributed by atoms with Crippen LogP contribution in [0.5, 0.6) is 0 Å². The standard InChI is InChI=1S/C13H23NO3/c1-15-11-8-17-12-10(7-16-13(11)12)14-9-5-3-2-4-6-9/h9-14H,2-8H2,1H3/t10-,11-,12-,13-/m1/s1. The van der Waals surface area contributed by atoms with Gasteiger partial charge in [0.1, 0.15) is 18.3 Å². The highest BCUT2D eigenvalue weighted by Crippen LogP contribution is 2.29. The predicted molar refractivity (Wildman–Crippen MR) is 64.1 cm³/mol. The lowest BCUT2D eigenvalue weighted by atomic mass is 9.94. The van der Waals surface area contributed by atoms with Crippen molar-refractivity contribution in [3.8, 4) is 0 Å². The van der Waals surface area contributed by atoms with Gasteiger partial charge in [0, 0.05) is 13.2 Å². The molecule has 0 aromatic rings. The van der Waals surface area contributed by atoms with Crippen LogP contribution >= 0.6 is 0 Å². The first-order valence-corrected chi connectivity index (χ1v) is 6.90. The molecule has 0 radical (unpaired) electrons. The summed E-state index contributed by atoms with van der Waals surface area (Å²) in [6.07, 6.45) is 7.19. The molecule has 17 heavy (non-hydrogen) atoms. The molecule has 3 fully saturated rings. The molecule has 0 aromatic carbocycles. The maximum Gasteiger partial charge on any atom is 0.114 e. The monoisotopic (exact) mass is 241 g/mol. The fraction of sp³-hybridized carbons (Fsp3) is 1.00. The zero-order valence-electron chi connectivity index (χ0n) is 10.6. The zero-order chi connectivity index (χ0) is 11.7. The fourth-order valence-corrected chi connectivity index (χ4v) is 3.38. The Kier molecular flexibility index (Phi) is 3.66. The molecule has 2 heterocycles. The summed E-state index contributed by atoms with van der Waals surface area (Å²) < 4.78 is 17.0. The van der Waals surface area contributed by atoms with Crippen LogP contribution < -0.4 is 5.32 Å². The molecular weight excluding hydrogens is 218 g/mol. The van der Waals surface area contributed by atoms with E-state index >= 15 is 0 Å². The minimum Gasteiger partial charge on any atom is -0.376 e. The van der Waals surface area contributed by atoms with Crippen molar-refractivity contribution in [2.24, 2.45) is 0 Å². The minimum absolute atomic E-state index is 0.123. The van der Waals surface area contributed by atoms with E-state index in [0.29, 0.717) is 18.7 Å². The van der Waals surface area contributed by atoms with Gasteiger partial charge in [0.15, 0.2) is 0 Å². The van der Waals surface area contributed by atoms with Gasteiger partial charge in [-0.15, -0.1) is 0 Å². The molecule has 0 aromatic heterocycles. The lowest BCUT2D eigenvalue weighted by molar-refractivity contribution is -0.00844. The van der Waals surface area contributed by atoms with Crippen LogP contribution in [0.4, 0.5) is 0 Å². The second-order valence-corrected chi connectivity index (χ2v) is 5.48. The highest BCUT2D eigenvalue weighted by atomic mass is 16.6. The molecule has 3 rings (SSSR count). The van der Waals surface area contributed by atoms with Crippen LogP contribution in [0.2, 0.25) is 0 Å². The van der Waals surface area contributed by atoms with Crippen LogP contribution in [0, 0.1) is 0 Å². The molecule has 0 amide bonds. The molecule has 2 saturated heterocycles. The second-order valence-electron chi connectivity index (χ2n) is 5.48. The van der Waals surface area contributed by atoms with E-state index in [9.17, 15) is 0 Å². The summed E-state index contributed by atoms with van der Waals surface area (Å²) in [5.74, 6) is 0. The maximum atomic E-state index is 5.82. The van der Waals surface area contributed by atoms with E-state index in [2.05, 4.69) is 5.32 Å². The van der Waals surface area contributed by atoms with Gasteiger partial charge in [-0.1, -0.05) is 19.3 Å². The summed E-state index contributed by atoms with van der Waals surface area (Å²) in [5, 5.41) is 3.73. The minimum atomic E-state index is 0.123. The summed E-state index contributed by atoms with van der Waals surface area (Å²) >= 11 is 0. The topological polar surface area (TPSA) is 39.7 Å². The molecule has 1 saturated carbocycles. The van der Waals surface area contributed by atoms with Gasteiger partial charge in [-0.2, -0.15) is 0 Å². The van der Waals surface area contributed by atoms with Gasteiger partial charge in [-0.25, -0.2) is 0 Å². The summed E-state index contributed by atoms with van der Waals surface area (Å²) in [4.78, 5) is 0. The summed E-state index contributed by atoms with van der Waals surface area (Å²) in [5.41, 5.74) is 0. The number of hydrogen-bond donors (Lipinski definition) is 1. The Morgan fingerprint density at radius 2 is 1.76 bits per heavy atom. The molecule has 0 spiro atoms. The normalized spacial score (nSPS) is 42.9. The van der Waals surface area contributed by atoms with Crippen molar-refractivity contribution in [3.63, 3.8) is 0 Å². The van der Waals surface area contributed by atoms with Crippen LogP contribution in [0.25, 0.3) is 0 Å². The van der Waals surface area contributed by atoms with Gasteiger partial charge in [-0.3, -0.25) is 0 Å². The molecule has 1 aliphatic carbocycles. The molecule has 0 bridgehead atoms. The largest absolute Gasteiger partial charge is 0.376 e. The SMILES string of the molecule is CO[C@@H]1CO[C@H]2[C@@H]1OC[C@H]2NC1CCCCC1. The number of fused-ring (bicyclic) bond motifs is 1. The van der Waals surface area contributed by atoms with E-state index in [1.54, 1.807) is 7.11 Å². The molecule has 1 N–H and O–H groups in total. The molecule has 98 valence electrons. The van der Waals surface area contributed by atoms with Gasteiger partial charge in [0.25, 0.3) is 0 Å². The smallest absolute Gasteiger partial charge is 0.114 e. The first-order chi connectivity index (χ1) is 8.38. The predicted octanol–water partition coefficient (Wildman–Crippen LogP) is 1.09. The van der Waals surface area contributed by atoms with Crippen LogP contribution in [0.1, 0.15) is 32.1 Å². The van der Waals surface area contributed by atoms with Gasteiger partial charge >= 0.3 is 0 Å². The van der Waals surface area contributed by atoms with Crippen LogP contribution in [0.3, 0.4) is 0 Å².